The minimum atomic E-state index is 0.528. The quantitative estimate of drug-likeness (QED) is 0.408. The van der Waals surface area contributed by atoms with E-state index in [9.17, 15) is 0 Å². The molecule has 0 atom stereocenters. The average molecular weight is 299 g/mol. The molecule has 5 heteroatoms. The molecule has 2 aromatic rings. The number of nitriles is 1. The Bertz CT molecular complexity index is 689. The number of aromatic nitrogens is 1. The standard InChI is InChI=1S/C16H15ClN4/c1-12-8-14(10-19-9-12)16(21-11-18)20-7-6-13-4-2-3-5-15(13)17/h2-5,8-10H,6-7H2,1H3,(H,20,21). The average Bonchev–Trinajstić information content (AvgIpc) is 2.48. The van der Waals surface area contributed by atoms with Gasteiger partial charge in [-0.3, -0.25) is 15.3 Å². The molecule has 1 N–H and O–H groups in total. The summed E-state index contributed by atoms with van der Waals surface area (Å²) < 4.78 is 0. The molecular weight excluding hydrogens is 284 g/mol. The summed E-state index contributed by atoms with van der Waals surface area (Å²) >= 11 is 6.11. The lowest BCUT2D eigenvalue weighted by molar-refractivity contribution is 0.958. The van der Waals surface area contributed by atoms with Crippen LogP contribution in [-0.2, 0) is 6.42 Å². The molecule has 2 rings (SSSR count). The first-order valence-corrected chi connectivity index (χ1v) is 6.93. The zero-order chi connectivity index (χ0) is 15.1. The number of rotatable bonds is 4. The van der Waals surface area contributed by atoms with Gasteiger partial charge in [0, 0.05) is 29.5 Å². The second-order valence-corrected chi connectivity index (χ2v) is 4.97. The fourth-order valence-electron chi connectivity index (χ4n) is 1.93. The molecule has 0 unspecified atom stereocenters. The maximum absolute atomic E-state index is 8.84. The Morgan fingerprint density at radius 1 is 1.38 bits per heavy atom. The molecule has 1 heterocycles. The van der Waals surface area contributed by atoms with Gasteiger partial charge in [-0.2, -0.15) is 5.26 Å². The van der Waals surface area contributed by atoms with Gasteiger partial charge in [0.25, 0.3) is 0 Å². The number of nitrogens with one attached hydrogen (secondary N) is 1. The van der Waals surface area contributed by atoms with Crippen molar-refractivity contribution in [3.63, 3.8) is 0 Å². The third kappa shape index (κ3) is 4.30. The van der Waals surface area contributed by atoms with Gasteiger partial charge in [0.15, 0.2) is 6.19 Å². The first-order chi connectivity index (χ1) is 10.2. The number of benzene rings is 1. The lowest BCUT2D eigenvalue weighted by Gasteiger charge is -2.06. The summed E-state index contributed by atoms with van der Waals surface area (Å²) in [5.41, 5.74) is 2.86. The molecule has 0 saturated heterocycles. The van der Waals surface area contributed by atoms with E-state index in [0.717, 1.165) is 28.1 Å². The fraction of sp³-hybridized carbons (Fsp3) is 0.188. The molecule has 0 radical (unpaired) electrons. The van der Waals surface area contributed by atoms with Gasteiger partial charge in [-0.1, -0.05) is 29.8 Å². The zero-order valence-electron chi connectivity index (χ0n) is 11.7. The van der Waals surface area contributed by atoms with Crippen LogP contribution in [0.5, 0.6) is 0 Å². The fourth-order valence-corrected chi connectivity index (χ4v) is 2.16. The van der Waals surface area contributed by atoms with Crippen molar-refractivity contribution in [1.29, 1.82) is 5.26 Å². The van der Waals surface area contributed by atoms with Crippen molar-refractivity contribution < 1.29 is 0 Å². The van der Waals surface area contributed by atoms with E-state index in [1.165, 1.54) is 0 Å². The topological polar surface area (TPSA) is 61.1 Å². The summed E-state index contributed by atoms with van der Waals surface area (Å²) in [5, 5.41) is 12.2. The summed E-state index contributed by atoms with van der Waals surface area (Å²) in [6.07, 6.45) is 6.08. The molecule has 1 aromatic carbocycles. The molecule has 0 fully saturated rings. The van der Waals surface area contributed by atoms with Crippen molar-refractivity contribution >= 4 is 17.4 Å². The SMILES string of the molecule is Cc1cncc(/C(=N/CCc2ccccc2Cl)NC#N)c1. The summed E-state index contributed by atoms with van der Waals surface area (Å²) in [5.74, 6) is 0.528. The Balaban J connectivity index is 2.12. The van der Waals surface area contributed by atoms with Crippen LogP contribution in [0.25, 0.3) is 0 Å². The van der Waals surface area contributed by atoms with Crippen molar-refractivity contribution in [2.24, 2.45) is 4.99 Å². The Morgan fingerprint density at radius 3 is 2.90 bits per heavy atom. The van der Waals surface area contributed by atoms with Crippen molar-refractivity contribution in [1.82, 2.24) is 10.3 Å². The Hall–Kier alpha value is -2.38. The van der Waals surface area contributed by atoms with E-state index in [1.54, 1.807) is 12.4 Å². The highest BCUT2D eigenvalue weighted by Crippen LogP contribution is 2.15. The van der Waals surface area contributed by atoms with Crippen LogP contribution in [-0.4, -0.2) is 17.4 Å². The largest absolute Gasteiger partial charge is 0.277 e. The summed E-state index contributed by atoms with van der Waals surface area (Å²) in [4.78, 5) is 8.56. The predicted octanol–water partition coefficient (Wildman–Crippen LogP) is 3.10. The second-order valence-electron chi connectivity index (χ2n) is 4.56. The van der Waals surface area contributed by atoms with Crippen LogP contribution in [0.1, 0.15) is 16.7 Å². The van der Waals surface area contributed by atoms with Crippen molar-refractivity contribution in [2.45, 2.75) is 13.3 Å². The van der Waals surface area contributed by atoms with Crippen LogP contribution in [0.15, 0.2) is 47.7 Å². The van der Waals surface area contributed by atoms with E-state index in [2.05, 4.69) is 15.3 Å². The number of aryl methyl sites for hydroxylation is 1. The molecular formula is C16H15ClN4. The molecule has 0 aliphatic heterocycles. The monoisotopic (exact) mass is 298 g/mol. The third-order valence-electron chi connectivity index (χ3n) is 2.93. The van der Waals surface area contributed by atoms with Crippen LogP contribution in [0.3, 0.4) is 0 Å². The molecule has 0 spiro atoms. The summed E-state index contributed by atoms with van der Waals surface area (Å²) in [6.45, 7) is 2.49. The molecule has 4 nitrogen and oxygen atoms in total. The lowest BCUT2D eigenvalue weighted by atomic mass is 10.1. The number of amidine groups is 1. The van der Waals surface area contributed by atoms with E-state index in [4.69, 9.17) is 16.9 Å². The van der Waals surface area contributed by atoms with Gasteiger partial charge in [-0.25, -0.2) is 0 Å². The summed E-state index contributed by atoms with van der Waals surface area (Å²) in [7, 11) is 0. The molecule has 0 aliphatic rings. The van der Waals surface area contributed by atoms with E-state index in [-0.39, 0.29) is 0 Å². The van der Waals surface area contributed by atoms with Gasteiger partial charge >= 0.3 is 0 Å². The highest BCUT2D eigenvalue weighted by Gasteiger charge is 2.04. The van der Waals surface area contributed by atoms with Gasteiger partial charge < -0.3 is 0 Å². The van der Waals surface area contributed by atoms with E-state index >= 15 is 0 Å². The lowest BCUT2D eigenvalue weighted by Crippen LogP contribution is -2.20. The van der Waals surface area contributed by atoms with Crippen molar-refractivity contribution in [3.05, 3.63) is 64.4 Å². The third-order valence-corrected chi connectivity index (χ3v) is 3.30. The molecule has 0 amide bonds. The van der Waals surface area contributed by atoms with Crippen molar-refractivity contribution in [3.8, 4) is 6.19 Å². The highest BCUT2D eigenvalue weighted by atomic mass is 35.5. The second kappa shape index (κ2) is 7.41. The normalized spacial score (nSPS) is 11.0. The molecule has 1 aromatic heterocycles. The van der Waals surface area contributed by atoms with Crippen LogP contribution in [0, 0.1) is 18.4 Å². The smallest absolute Gasteiger partial charge is 0.182 e. The highest BCUT2D eigenvalue weighted by molar-refractivity contribution is 6.31. The minimum Gasteiger partial charge on any atom is -0.277 e. The maximum atomic E-state index is 8.84. The van der Waals surface area contributed by atoms with Gasteiger partial charge in [-0.15, -0.1) is 0 Å². The number of hydrogen-bond acceptors (Lipinski definition) is 3. The van der Waals surface area contributed by atoms with Crippen LogP contribution < -0.4 is 5.32 Å². The predicted molar refractivity (Wildman–Crippen MR) is 84.3 cm³/mol. The Morgan fingerprint density at radius 2 is 2.19 bits per heavy atom. The minimum absolute atomic E-state index is 0.528. The van der Waals surface area contributed by atoms with Crippen LogP contribution in [0.4, 0.5) is 0 Å². The molecule has 0 aliphatic carbocycles. The first-order valence-electron chi connectivity index (χ1n) is 6.55. The van der Waals surface area contributed by atoms with Crippen LogP contribution >= 0.6 is 11.6 Å². The molecule has 0 saturated carbocycles. The van der Waals surface area contributed by atoms with E-state index < -0.39 is 0 Å². The van der Waals surface area contributed by atoms with Gasteiger partial charge in [0.2, 0.25) is 0 Å². The molecule has 106 valence electrons. The van der Waals surface area contributed by atoms with E-state index in [0.29, 0.717) is 12.4 Å². The number of pyridine rings is 1. The van der Waals surface area contributed by atoms with Crippen molar-refractivity contribution in [2.75, 3.05) is 6.54 Å². The number of hydrogen-bond donors (Lipinski definition) is 1. The Kier molecular flexibility index (Phi) is 5.30. The number of halogens is 1. The summed E-state index contributed by atoms with van der Waals surface area (Å²) in [6, 6.07) is 9.62. The number of aliphatic imine (C=N–C) groups is 1. The van der Waals surface area contributed by atoms with Gasteiger partial charge in [-0.05, 0) is 36.6 Å². The van der Waals surface area contributed by atoms with Crippen LogP contribution in [0.2, 0.25) is 5.02 Å². The molecule has 0 bridgehead atoms. The Labute approximate surface area is 129 Å². The van der Waals surface area contributed by atoms with Gasteiger partial charge in [0.05, 0.1) is 0 Å². The zero-order valence-corrected chi connectivity index (χ0v) is 12.4. The van der Waals surface area contributed by atoms with E-state index in [1.807, 2.05) is 43.4 Å². The van der Waals surface area contributed by atoms with Gasteiger partial charge in [0.1, 0.15) is 5.84 Å². The number of nitrogens with zero attached hydrogens (tertiary/aromatic N) is 3. The maximum Gasteiger partial charge on any atom is 0.182 e. The molecule has 21 heavy (non-hydrogen) atoms. The first kappa shape index (κ1) is 15.0.